The van der Waals surface area contributed by atoms with Crippen molar-refractivity contribution in [1.82, 2.24) is 4.90 Å². The first kappa shape index (κ1) is 17.7. The number of rotatable bonds is 4. The van der Waals surface area contributed by atoms with Gasteiger partial charge < -0.3 is 14.1 Å². The molecule has 1 aliphatic rings. The van der Waals surface area contributed by atoms with E-state index in [0.717, 1.165) is 16.3 Å². The lowest BCUT2D eigenvalue weighted by Crippen LogP contribution is -2.42. The van der Waals surface area contributed by atoms with Gasteiger partial charge in [-0.25, -0.2) is 4.79 Å². The zero-order valence-corrected chi connectivity index (χ0v) is 15.6. The molecule has 1 fully saturated rings. The molecule has 3 aromatic rings. The van der Waals surface area contributed by atoms with E-state index in [9.17, 15) is 9.59 Å². The molecule has 0 N–H and O–H groups in total. The molecular weight excluding hydrogens is 362 g/mol. The Bertz CT molecular complexity index is 964. The van der Waals surface area contributed by atoms with Crippen LogP contribution in [0.3, 0.4) is 0 Å². The van der Waals surface area contributed by atoms with E-state index in [1.807, 2.05) is 48.5 Å². The second kappa shape index (κ2) is 7.48. The van der Waals surface area contributed by atoms with E-state index < -0.39 is 6.04 Å². The van der Waals surface area contributed by atoms with Crippen molar-refractivity contribution in [3.63, 3.8) is 0 Å². The smallest absolute Gasteiger partial charge is 0.330 e. The van der Waals surface area contributed by atoms with Crippen molar-refractivity contribution in [2.75, 3.05) is 5.75 Å². The fourth-order valence-corrected chi connectivity index (χ4v) is 4.80. The first-order chi connectivity index (χ1) is 13.1. The molecule has 0 saturated carbocycles. The molecule has 1 saturated heterocycles. The van der Waals surface area contributed by atoms with Gasteiger partial charge in [-0.05, 0) is 28.5 Å². The number of hydrogen-bond donors (Lipinski definition) is 0. The zero-order chi connectivity index (χ0) is 18.8. The predicted molar refractivity (Wildman–Crippen MR) is 104 cm³/mol. The van der Waals surface area contributed by atoms with E-state index >= 15 is 0 Å². The van der Waals surface area contributed by atoms with Crippen LogP contribution in [-0.4, -0.2) is 28.6 Å². The molecular formula is C21H19NO4S. The summed E-state index contributed by atoms with van der Waals surface area (Å²) in [5.74, 6) is 0.590. The van der Waals surface area contributed by atoms with Crippen LogP contribution < -0.4 is 0 Å². The van der Waals surface area contributed by atoms with Gasteiger partial charge in [-0.15, -0.1) is 11.8 Å². The molecule has 0 radical (unpaired) electrons. The summed E-state index contributed by atoms with van der Waals surface area (Å²) in [5, 5.41) is 1.86. The van der Waals surface area contributed by atoms with E-state index in [1.54, 1.807) is 17.2 Å². The van der Waals surface area contributed by atoms with Crippen LogP contribution in [0, 0.1) is 0 Å². The van der Waals surface area contributed by atoms with E-state index in [1.165, 1.54) is 18.7 Å². The van der Waals surface area contributed by atoms with Gasteiger partial charge >= 0.3 is 5.97 Å². The van der Waals surface area contributed by atoms with E-state index in [4.69, 9.17) is 9.15 Å². The molecule has 0 spiro atoms. The summed E-state index contributed by atoms with van der Waals surface area (Å²) in [7, 11) is 0. The second-order valence-corrected chi connectivity index (χ2v) is 7.50. The molecule has 2 atom stereocenters. The molecule has 0 bridgehead atoms. The Hall–Kier alpha value is -2.73. The Morgan fingerprint density at radius 2 is 1.96 bits per heavy atom. The number of benzene rings is 2. The van der Waals surface area contributed by atoms with Crippen molar-refractivity contribution < 1.29 is 18.7 Å². The van der Waals surface area contributed by atoms with Gasteiger partial charge in [-0.1, -0.05) is 42.5 Å². The van der Waals surface area contributed by atoms with Crippen molar-refractivity contribution >= 4 is 34.4 Å². The molecule has 0 aliphatic carbocycles. The number of hydrogen-bond acceptors (Lipinski definition) is 5. The van der Waals surface area contributed by atoms with Crippen molar-refractivity contribution in [2.45, 2.75) is 24.9 Å². The van der Waals surface area contributed by atoms with Gasteiger partial charge in [0.1, 0.15) is 23.8 Å². The van der Waals surface area contributed by atoms with Crippen molar-refractivity contribution in [3.05, 3.63) is 72.2 Å². The number of nitrogens with zero attached hydrogens (tertiary/aromatic N) is 1. The lowest BCUT2D eigenvalue weighted by Gasteiger charge is -2.25. The maximum absolute atomic E-state index is 12.7. The van der Waals surface area contributed by atoms with Gasteiger partial charge in [0, 0.05) is 12.7 Å². The largest absolute Gasteiger partial charge is 0.466 e. The lowest BCUT2D eigenvalue weighted by molar-refractivity contribution is -0.154. The molecule has 1 aromatic heterocycles. The minimum atomic E-state index is -0.613. The van der Waals surface area contributed by atoms with Gasteiger partial charge in [-0.2, -0.15) is 0 Å². The highest BCUT2D eigenvalue weighted by molar-refractivity contribution is 7.99. The molecule has 0 unspecified atom stereocenters. The maximum atomic E-state index is 12.7. The standard InChI is InChI=1S/C21H19NO4S/c1-14(23)22-18(13-27-20(22)19-10-5-11-25-19)21(24)26-12-16-8-4-7-15-6-2-3-9-17(15)16/h2-11,18,20H,12-13H2,1H3/t18-,20+/m1/s1. The maximum Gasteiger partial charge on any atom is 0.330 e. The van der Waals surface area contributed by atoms with Crippen LogP contribution in [0.1, 0.15) is 23.6 Å². The van der Waals surface area contributed by atoms with Crippen molar-refractivity contribution in [2.24, 2.45) is 0 Å². The average Bonchev–Trinajstić information content (AvgIpc) is 3.35. The first-order valence-corrected chi connectivity index (χ1v) is 9.77. The minimum absolute atomic E-state index is 0.173. The van der Waals surface area contributed by atoms with Crippen LogP contribution >= 0.6 is 11.8 Å². The third-order valence-electron chi connectivity index (χ3n) is 4.67. The monoisotopic (exact) mass is 381 g/mol. The molecule has 2 heterocycles. The molecule has 1 amide bonds. The second-order valence-electron chi connectivity index (χ2n) is 6.39. The van der Waals surface area contributed by atoms with Gasteiger partial charge in [0.15, 0.2) is 0 Å². The topological polar surface area (TPSA) is 59.8 Å². The molecule has 138 valence electrons. The van der Waals surface area contributed by atoms with Crippen molar-refractivity contribution in [3.8, 4) is 0 Å². The number of esters is 1. The lowest BCUT2D eigenvalue weighted by atomic mass is 10.1. The summed E-state index contributed by atoms with van der Waals surface area (Å²) in [6.07, 6.45) is 1.57. The van der Waals surface area contributed by atoms with E-state index in [0.29, 0.717) is 11.5 Å². The van der Waals surface area contributed by atoms with Crippen LogP contribution in [0.5, 0.6) is 0 Å². The quantitative estimate of drug-likeness (QED) is 0.636. The number of fused-ring (bicyclic) bond motifs is 1. The molecule has 1 aliphatic heterocycles. The summed E-state index contributed by atoms with van der Waals surface area (Å²) < 4.78 is 11.0. The molecule has 2 aromatic carbocycles. The van der Waals surface area contributed by atoms with Gasteiger partial charge in [0.05, 0.1) is 6.26 Å². The fraction of sp³-hybridized carbons (Fsp3) is 0.238. The molecule has 27 heavy (non-hydrogen) atoms. The van der Waals surface area contributed by atoms with Crippen LogP contribution in [0.15, 0.2) is 65.3 Å². The summed E-state index contributed by atoms with van der Waals surface area (Å²) >= 11 is 1.51. The Morgan fingerprint density at radius 1 is 1.15 bits per heavy atom. The first-order valence-electron chi connectivity index (χ1n) is 8.72. The van der Waals surface area contributed by atoms with E-state index in [-0.39, 0.29) is 23.9 Å². The highest BCUT2D eigenvalue weighted by Gasteiger charge is 2.43. The van der Waals surface area contributed by atoms with Gasteiger partial charge in [0.2, 0.25) is 5.91 Å². The molecule has 4 rings (SSSR count). The van der Waals surface area contributed by atoms with Crippen LogP contribution in [-0.2, 0) is 20.9 Å². The minimum Gasteiger partial charge on any atom is -0.466 e. The Labute approximate surface area is 161 Å². The van der Waals surface area contributed by atoms with E-state index in [2.05, 4.69) is 0 Å². The SMILES string of the molecule is CC(=O)N1[C@@H](C(=O)OCc2cccc3ccccc23)CS[C@H]1c1ccco1. The third kappa shape index (κ3) is 3.45. The fourth-order valence-electron chi connectivity index (χ4n) is 3.39. The van der Waals surface area contributed by atoms with Crippen LogP contribution in [0.2, 0.25) is 0 Å². The number of carbonyl (C=O) groups is 2. The zero-order valence-electron chi connectivity index (χ0n) is 14.8. The third-order valence-corrected chi connectivity index (χ3v) is 5.96. The Balaban J connectivity index is 1.50. The summed E-state index contributed by atoms with van der Waals surface area (Å²) in [6, 6.07) is 16.9. The predicted octanol–water partition coefficient (Wildman–Crippen LogP) is 4.14. The Kier molecular flexibility index (Phi) is 4.90. The number of amides is 1. The summed E-state index contributed by atoms with van der Waals surface area (Å²) in [4.78, 5) is 26.5. The Morgan fingerprint density at radius 3 is 2.74 bits per heavy atom. The summed E-state index contributed by atoms with van der Waals surface area (Å²) in [6.45, 7) is 1.64. The van der Waals surface area contributed by atoms with Crippen LogP contribution in [0.4, 0.5) is 0 Å². The number of ether oxygens (including phenoxy) is 1. The highest BCUT2D eigenvalue weighted by atomic mass is 32.2. The average molecular weight is 381 g/mol. The number of carbonyl (C=O) groups excluding carboxylic acids is 2. The number of furan rings is 1. The molecule has 6 heteroatoms. The number of thioether (sulfide) groups is 1. The highest BCUT2D eigenvalue weighted by Crippen LogP contribution is 2.41. The van der Waals surface area contributed by atoms with Crippen LogP contribution in [0.25, 0.3) is 10.8 Å². The molecule has 5 nitrogen and oxygen atoms in total. The van der Waals surface area contributed by atoms with Gasteiger partial charge in [0.25, 0.3) is 0 Å². The summed E-state index contributed by atoms with van der Waals surface area (Å²) in [5.41, 5.74) is 0.948. The van der Waals surface area contributed by atoms with Crippen molar-refractivity contribution in [1.29, 1.82) is 0 Å². The van der Waals surface area contributed by atoms with Gasteiger partial charge in [-0.3, -0.25) is 4.79 Å². The normalized spacial score (nSPS) is 19.4.